The third kappa shape index (κ3) is 5.04. The first-order valence-electron chi connectivity index (χ1n) is 9.53. The first-order valence-corrected chi connectivity index (χ1v) is 9.90. The van der Waals surface area contributed by atoms with Crippen LogP contribution in [0.15, 0.2) is 36.4 Å². The van der Waals surface area contributed by atoms with Gasteiger partial charge in [0.25, 0.3) is 5.91 Å². The van der Waals surface area contributed by atoms with Crippen LogP contribution < -0.4 is 10.1 Å². The van der Waals surface area contributed by atoms with Crippen LogP contribution in [0, 0.1) is 13.8 Å². The molecule has 0 bridgehead atoms. The summed E-state index contributed by atoms with van der Waals surface area (Å²) in [6, 6.07) is 10.8. The van der Waals surface area contributed by atoms with Gasteiger partial charge in [0.2, 0.25) is 5.91 Å². The number of carbonyl (C=O) groups is 2. The van der Waals surface area contributed by atoms with E-state index in [4.69, 9.17) is 16.3 Å². The van der Waals surface area contributed by atoms with E-state index in [1.54, 1.807) is 18.2 Å². The molecule has 0 radical (unpaired) electrons. The number of likely N-dealkylation sites (tertiary alicyclic amines) is 1. The van der Waals surface area contributed by atoms with E-state index in [0.717, 1.165) is 37.2 Å². The van der Waals surface area contributed by atoms with Crippen LogP contribution in [0.25, 0.3) is 0 Å². The Hall–Kier alpha value is -2.53. The van der Waals surface area contributed by atoms with Crippen LogP contribution in [0.2, 0.25) is 5.02 Å². The Balaban J connectivity index is 1.60. The predicted octanol–water partition coefficient (Wildman–Crippen LogP) is 4.60. The zero-order valence-corrected chi connectivity index (χ0v) is 17.0. The van der Waals surface area contributed by atoms with Crippen molar-refractivity contribution < 1.29 is 14.3 Å². The van der Waals surface area contributed by atoms with E-state index in [-0.39, 0.29) is 24.8 Å². The number of anilines is 1. The Labute approximate surface area is 170 Å². The number of hydrogen-bond acceptors (Lipinski definition) is 3. The van der Waals surface area contributed by atoms with Gasteiger partial charge >= 0.3 is 0 Å². The van der Waals surface area contributed by atoms with Gasteiger partial charge in [0.05, 0.1) is 24.3 Å². The van der Waals surface area contributed by atoms with Gasteiger partial charge in [-0.05, 0) is 68.1 Å². The second-order valence-electron chi connectivity index (χ2n) is 7.08. The third-order valence-electron chi connectivity index (χ3n) is 4.96. The number of halogens is 1. The summed E-state index contributed by atoms with van der Waals surface area (Å²) in [5.41, 5.74) is 3.25. The Morgan fingerprint density at radius 2 is 1.82 bits per heavy atom. The average molecular weight is 401 g/mol. The Morgan fingerprint density at radius 1 is 1.07 bits per heavy atom. The van der Waals surface area contributed by atoms with Crippen molar-refractivity contribution in [2.75, 3.05) is 25.0 Å². The lowest BCUT2D eigenvalue weighted by atomic mass is 10.1. The van der Waals surface area contributed by atoms with Gasteiger partial charge in [-0.1, -0.05) is 17.7 Å². The number of carbonyl (C=O) groups excluding carboxylic acids is 2. The highest BCUT2D eigenvalue weighted by atomic mass is 35.5. The number of nitrogens with one attached hydrogen (secondary N) is 1. The summed E-state index contributed by atoms with van der Waals surface area (Å²) in [6.45, 7) is 5.81. The molecule has 148 valence electrons. The van der Waals surface area contributed by atoms with Crippen molar-refractivity contribution in [3.8, 4) is 5.75 Å². The van der Waals surface area contributed by atoms with E-state index < -0.39 is 0 Å². The highest BCUT2D eigenvalue weighted by Crippen LogP contribution is 2.24. The fraction of sp³-hybridized carbons (Fsp3) is 0.364. The number of rotatable bonds is 6. The summed E-state index contributed by atoms with van der Waals surface area (Å²) in [7, 11) is 0. The van der Waals surface area contributed by atoms with Crippen molar-refractivity contribution in [1.29, 1.82) is 0 Å². The van der Waals surface area contributed by atoms with Crippen molar-refractivity contribution in [3.05, 3.63) is 58.1 Å². The second-order valence-corrected chi connectivity index (χ2v) is 7.52. The monoisotopic (exact) mass is 400 g/mol. The van der Waals surface area contributed by atoms with Gasteiger partial charge in [-0.2, -0.15) is 0 Å². The molecule has 2 aromatic rings. The highest BCUT2D eigenvalue weighted by molar-refractivity contribution is 6.31. The summed E-state index contributed by atoms with van der Waals surface area (Å²) < 4.78 is 5.67. The molecule has 1 aliphatic heterocycles. The van der Waals surface area contributed by atoms with Gasteiger partial charge < -0.3 is 15.0 Å². The first-order chi connectivity index (χ1) is 13.4. The van der Waals surface area contributed by atoms with Crippen molar-refractivity contribution in [2.24, 2.45) is 0 Å². The second kappa shape index (κ2) is 9.11. The average Bonchev–Trinajstić information content (AvgIpc) is 3.19. The Kier molecular flexibility index (Phi) is 6.57. The number of hydrogen-bond donors (Lipinski definition) is 1. The van der Waals surface area contributed by atoms with Gasteiger partial charge in [-0.25, -0.2) is 0 Å². The van der Waals surface area contributed by atoms with Gasteiger partial charge in [0, 0.05) is 18.1 Å². The van der Waals surface area contributed by atoms with Crippen LogP contribution in [0.3, 0.4) is 0 Å². The van der Waals surface area contributed by atoms with Crippen LogP contribution in [0.1, 0.15) is 40.7 Å². The first kappa shape index (κ1) is 20.2. The summed E-state index contributed by atoms with van der Waals surface area (Å²) >= 11 is 6.08. The largest absolute Gasteiger partial charge is 0.493 e. The van der Waals surface area contributed by atoms with Crippen molar-refractivity contribution in [1.82, 2.24) is 4.90 Å². The zero-order valence-electron chi connectivity index (χ0n) is 16.3. The Bertz CT molecular complexity index is 876. The fourth-order valence-corrected chi connectivity index (χ4v) is 3.35. The van der Waals surface area contributed by atoms with E-state index in [0.29, 0.717) is 16.3 Å². The molecule has 0 spiro atoms. The molecule has 1 saturated heterocycles. The molecule has 2 aromatic carbocycles. The van der Waals surface area contributed by atoms with E-state index in [1.807, 2.05) is 36.9 Å². The minimum absolute atomic E-state index is 0.0733. The lowest BCUT2D eigenvalue weighted by molar-refractivity contribution is -0.116. The van der Waals surface area contributed by atoms with Crippen LogP contribution >= 0.6 is 11.6 Å². The molecule has 3 rings (SSSR count). The van der Waals surface area contributed by atoms with Gasteiger partial charge in [0.15, 0.2) is 0 Å². The molecule has 28 heavy (non-hydrogen) atoms. The number of benzene rings is 2. The van der Waals surface area contributed by atoms with Crippen molar-refractivity contribution in [2.45, 2.75) is 33.1 Å². The summed E-state index contributed by atoms with van der Waals surface area (Å²) in [4.78, 5) is 26.9. The lowest BCUT2D eigenvalue weighted by Crippen LogP contribution is -2.29. The molecule has 2 amide bonds. The van der Waals surface area contributed by atoms with E-state index in [1.165, 1.54) is 5.56 Å². The summed E-state index contributed by atoms with van der Waals surface area (Å²) in [6.07, 6.45) is 2.20. The van der Waals surface area contributed by atoms with Gasteiger partial charge in [-0.15, -0.1) is 0 Å². The molecule has 1 fully saturated rings. The highest BCUT2D eigenvalue weighted by Gasteiger charge is 2.22. The van der Waals surface area contributed by atoms with Crippen LogP contribution in [-0.2, 0) is 4.79 Å². The van der Waals surface area contributed by atoms with Gasteiger partial charge in [-0.3, -0.25) is 9.59 Å². The molecule has 1 aliphatic rings. The molecular formula is C22H25ClN2O3. The third-order valence-corrected chi connectivity index (χ3v) is 5.19. The quantitative estimate of drug-likeness (QED) is 0.770. The smallest absolute Gasteiger partial charge is 0.255 e. The molecular weight excluding hydrogens is 376 g/mol. The standard InChI is InChI=1S/C22H25ClN2O3/c1-15-5-7-18(13-16(15)2)28-12-9-21(26)24-20-14-17(23)6-8-19(20)22(27)25-10-3-4-11-25/h5-8,13-14H,3-4,9-12H2,1-2H3,(H,24,26). The number of aryl methyl sites for hydroxylation is 2. The summed E-state index contributed by atoms with van der Waals surface area (Å²) in [5, 5.41) is 3.28. The maximum Gasteiger partial charge on any atom is 0.255 e. The normalized spacial score (nSPS) is 13.5. The molecule has 0 aromatic heterocycles. The predicted molar refractivity (Wildman–Crippen MR) is 111 cm³/mol. The zero-order chi connectivity index (χ0) is 20.1. The van der Waals surface area contributed by atoms with Crippen LogP contribution in [-0.4, -0.2) is 36.4 Å². The number of ether oxygens (including phenoxy) is 1. The SMILES string of the molecule is Cc1ccc(OCCC(=O)Nc2cc(Cl)ccc2C(=O)N2CCCC2)cc1C. The van der Waals surface area contributed by atoms with E-state index >= 15 is 0 Å². The van der Waals surface area contributed by atoms with Crippen LogP contribution in [0.5, 0.6) is 5.75 Å². The maximum absolute atomic E-state index is 12.7. The molecule has 1 heterocycles. The molecule has 0 aliphatic carbocycles. The summed E-state index contributed by atoms with van der Waals surface area (Å²) in [5.74, 6) is 0.445. The topological polar surface area (TPSA) is 58.6 Å². The minimum atomic E-state index is -0.221. The van der Waals surface area contributed by atoms with E-state index in [9.17, 15) is 9.59 Å². The number of nitrogens with zero attached hydrogens (tertiary/aromatic N) is 1. The van der Waals surface area contributed by atoms with Crippen molar-refractivity contribution >= 4 is 29.1 Å². The van der Waals surface area contributed by atoms with Crippen LogP contribution in [0.4, 0.5) is 5.69 Å². The molecule has 0 saturated carbocycles. The minimum Gasteiger partial charge on any atom is -0.493 e. The van der Waals surface area contributed by atoms with Crippen molar-refractivity contribution in [3.63, 3.8) is 0 Å². The molecule has 5 nitrogen and oxygen atoms in total. The maximum atomic E-state index is 12.7. The molecule has 6 heteroatoms. The molecule has 1 N–H and O–H groups in total. The number of amides is 2. The Morgan fingerprint density at radius 3 is 2.54 bits per heavy atom. The molecule has 0 atom stereocenters. The fourth-order valence-electron chi connectivity index (χ4n) is 3.17. The molecule has 0 unspecified atom stereocenters. The van der Waals surface area contributed by atoms with E-state index in [2.05, 4.69) is 5.32 Å². The van der Waals surface area contributed by atoms with Gasteiger partial charge in [0.1, 0.15) is 5.75 Å². The lowest BCUT2D eigenvalue weighted by Gasteiger charge is -2.18.